The van der Waals surface area contributed by atoms with Crippen molar-refractivity contribution >= 4 is 17.4 Å². The number of aryl methyl sites for hydroxylation is 1. The number of carbonyl (C=O) groups excluding carboxylic acids is 1. The Kier molecular flexibility index (Phi) is 5.49. The van der Waals surface area contributed by atoms with Crippen LogP contribution >= 0.6 is 11.6 Å². The Bertz CT molecular complexity index is 349. The second kappa shape index (κ2) is 6.66. The summed E-state index contributed by atoms with van der Waals surface area (Å²) in [5.74, 6) is 0.0527. The molecule has 0 aliphatic rings. The van der Waals surface area contributed by atoms with Crippen molar-refractivity contribution in [1.29, 1.82) is 0 Å². The van der Waals surface area contributed by atoms with Gasteiger partial charge in [-0.05, 0) is 13.0 Å². The molecule has 1 N–H and O–H groups in total. The molecule has 0 atom stereocenters. The molecule has 1 rings (SSSR count). The van der Waals surface area contributed by atoms with Gasteiger partial charge in [0.05, 0.1) is 11.2 Å². The van der Waals surface area contributed by atoms with Gasteiger partial charge in [-0.1, -0.05) is 25.4 Å². The lowest BCUT2D eigenvalue weighted by molar-refractivity contribution is 0.0972. The van der Waals surface area contributed by atoms with E-state index in [-0.39, 0.29) is 5.78 Å². The molecule has 5 heteroatoms. The van der Waals surface area contributed by atoms with Crippen LogP contribution in [0.4, 0.5) is 0 Å². The maximum atomic E-state index is 11.9. The molecule has 90 valence electrons. The number of nitrogens with zero attached hydrogens (tertiary/aromatic N) is 2. The number of rotatable bonds is 7. The molecule has 1 aromatic rings. The Hall–Kier alpha value is -0.870. The van der Waals surface area contributed by atoms with Crippen LogP contribution in [-0.2, 0) is 6.54 Å². The fourth-order valence-electron chi connectivity index (χ4n) is 1.52. The van der Waals surface area contributed by atoms with Crippen LogP contribution in [-0.4, -0.2) is 28.7 Å². The maximum Gasteiger partial charge on any atom is 0.183 e. The third kappa shape index (κ3) is 3.32. The van der Waals surface area contributed by atoms with Crippen molar-refractivity contribution in [2.24, 2.45) is 0 Å². The van der Waals surface area contributed by atoms with Crippen LogP contribution in [0.2, 0.25) is 5.02 Å². The van der Waals surface area contributed by atoms with Crippen LogP contribution in [0, 0.1) is 0 Å². The molecule has 1 heterocycles. The average molecular weight is 244 g/mol. The summed E-state index contributed by atoms with van der Waals surface area (Å²) in [5.41, 5.74) is 0.543. The topological polar surface area (TPSA) is 46.9 Å². The predicted molar refractivity (Wildman–Crippen MR) is 65.0 cm³/mol. The van der Waals surface area contributed by atoms with Gasteiger partial charge in [-0.3, -0.25) is 9.48 Å². The summed E-state index contributed by atoms with van der Waals surface area (Å²) in [6, 6.07) is 0. The largest absolute Gasteiger partial charge is 0.317 e. The van der Waals surface area contributed by atoms with Gasteiger partial charge in [0.1, 0.15) is 5.69 Å². The first-order chi connectivity index (χ1) is 7.70. The van der Waals surface area contributed by atoms with E-state index in [4.69, 9.17) is 11.6 Å². The summed E-state index contributed by atoms with van der Waals surface area (Å²) in [7, 11) is 0. The van der Waals surface area contributed by atoms with Gasteiger partial charge in [-0.15, -0.1) is 0 Å². The van der Waals surface area contributed by atoms with Gasteiger partial charge < -0.3 is 5.32 Å². The van der Waals surface area contributed by atoms with E-state index >= 15 is 0 Å². The summed E-state index contributed by atoms with van der Waals surface area (Å²) >= 11 is 5.96. The van der Waals surface area contributed by atoms with E-state index in [2.05, 4.69) is 10.4 Å². The highest BCUT2D eigenvalue weighted by molar-refractivity contribution is 6.33. The molecule has 4 nitrogen and oxygen atoms in total. The molecule has 0 aromatic carbocycles. The van der Waals surface area contributed by atoms with Gasteiger partial charge in [0, 0.05) is 19.5 Å². The zero-order chi connectivity index (χ0) is 12.0. The van der Waals surface area contributed by atoms with Crippen molar-refractivity contribution in [3.63, 3.8) is 0 Å². The third-order valence-electron chi connectivity index (χ3n) is 2.27. The molecule has 0 saturated heterocycles. The van der Waals surface area contributed by atoms with Crippen LogP contribution in [0.3, 0.4) is 0 Å². The molecular formula is C11H18ClN3O. The quantitative estimate of drug-likeness (QED) is 0.590. The maximum absolute atomic E-state index is 11.9. The van der Waals surface area contributed by atoms with Gasteiger partial charge in [0.15, 0.2) is 5.78 Å². The smallest absolute Gasteiger partial charge is 0.183 e. The number of ketones is 1. The number of aromatic nitrogens is 2. The molecule has 0 aliphatic carbocycles. The number of halogens is 1. The van der Waals surface area contributed by atoms with Crippen molar-refractivity contribution < 1.29 is 4.79 Å². The van der Waals surface area contributed by atoms with E-state index in [0.717, 1.165) is 19.5 Å². The summed E-state index contributed by atoms with van der Waals surface area (Å²) in [5, 5.41) is 7.67. The molecule has 0 spiro atoms. The summed E-state index contributed by atoms with van der Waals surface area (Å²) in [4.78, 5) is 11.9. The fourth-order valence-corrected chi connectivity index (χ4v) is 1.76. The summed E-state index contributed by atoms with van der Waals surface area (Å²) in [6.45, 7) is 6.34. The Balaban J connectivity index is 2.69. The molecule has 16 heavy (non-hydrogen) atoms. The molecule has 0 amide bonds. The van der Waals surface area contributed by atoms with Crippen LogP contribution < -0.4 is 5.32 Å². The lowest BCUT2D eigenvalue weighted by Gasteiger charge is -2.06. The van der Waals surface area contributed by atoms with Gasteiger partial charge in [-0.25, -0.2) is 0 Å². The van der Waals surface area contributed by atoms with Crippen molar-refractivity contribution in [1.82, 2.24) is 15.1 Å². The number of hydrogen-bond acceptors (Lipinski definition) is 3. The highest BCUT2D eigenvalue weighted by Gasteiger charge is 2.16. The van der Waals surface area contributed by atoms with Crippen molar-refractivity contribution in [3.8, 4) is 0 Å². The molecule has 0 saturated carbocycles. The fraction of sp³-hybridized carbons (Fsp3) is 0.636. The lowest BCUT2D eigenvalue weighted by atomic mass is 10.2. The molecular weight excluding hydrogens is 226 g/mol. The zero-order valence-electron chi connectivity index (χ0n) is 9.79. The summed E-state index contributed by atoms with van der Waals surface area (Å²) < 4.78 is 1.69. The standard InChI is InChI=1S/C11H18ClN3O/c1-3-7-15-11(9(12)8-14-15)10(16)5-6-13-4-2/h8,13H,3-7H2,1-2H3. The van der Waals surface area contributed by atoms with Crippen molar-refractivity contribution in [2.45, 2.75) is 33.2 Å². The first kappa shape index (κ1) is 13.2. The number of hydrogen-bond donors (Lipinski definition) is 1. The molecule has 1 aromatic heterocycles. The third-order valence-corrected chi connectivity index (χ3v) is 2.55. The van der Waals surface area contributed by atoms with Gasteiger partial charge >= 0.3 is 0 Å². The Morgan fingerprint density at radius 3 is 2.94 bits per heavy atom. The van der Waals surface area contributed by atoms with Crippen molar-refractivity contribution in [2.75, 3.05) is 13.1 Å². The van der Waals surface area contributed by atoms with E-state index < -0.39 is 0 Å². The number of carbonyl (C=O) groups is 1. The van der Waals surface area contributed by atoms with Crippen molar-refractivity contribution in [3.05, 3.63) is 16.9 Å². The van der Waals surface area contributed by atoms with Crippen LogP contribution in [0.5, 0.6) is 0 Å². The minimum absolute atomic E-state index is 0.0527. The lowest BCUT2D eigenvalue weighted by Crippen LogP contribution is -2.19. The van der Waals surface area contributed by atoms with Crippen LogP contribution in [0.25, 0.3) is 0 Å². The average Bonchev–Trinajstić information content (AvgIpc) is 2.61. The first-order valence-corrected chi connectivity index (χ1v) is 6.03. The molecule has 0 aliphatic heterocycles. The first-order valence-electron chi connectivity index (χ1n) is 5.65. The Morgan fingerprint density at radius 2 is 2.31 bits per heavy atom. The number of nitrogens with one attached hydrogen (secondary N) is 1. The van der Waals surface area contributed by atoms with E-state index in [9.17, 15) is 4.79 Å². The Morgan fingerprint density at radius 1 is 1.56 bits per heavy atom. The number of Topliss-reactive ketones (excluding diaryl/α,β-unsaturated/α-hetero) is 1. The van der Waals surface area contributed by atoms with Gasteiger partial charge in [0.2, 0.25) is 0 Å². The van der Waals surface area contributed by atoms with Gasteiger partial charge in [-0.2, -0.15) is 5.10 Å². The van der Waals surface area contributed by atoms with Crippen LogP contribution in [0.15, 0.2) is 6.20 Å². The second-order valence-electron chi connectivity index (χ2n) is 3.59. The predicted octanol–water partition coefficient (Wildman–Crippen LogP) is 2.13. The van der Waals surface area contributed by atoms with E-state index in [1.807, 2.05) is 13.8 Å². The zero-order valence-corrected chi connectivity index (χ0v) is 10.5. The minimum atomic E-state index is 0.0527. The van der Waals surface area contributed by atoms with Gasteiger partial charge in [0.25, 0.3) is 0 Å². The minimum Gasteiger partial charge on any atom is -0.317 e. The van der Waals surface area contributed by atoms with E-state index in [1.54, 1.807) is 4.68 Å². The summed E-state index contributed by atoms with van der Waals surface area (Å²) in [6.07, 6.45) is 2.94. The SMILES string of the molecule is CCCn1ncc(Cl)c1C(=O)CCNCC. The molecule has 0 unspecified atom stereocenters. The molecule has 0 bridgehead atoms. The van der Waals surface area contributed by atoms with E-state index in [1.165, 1.54) is 6.20 Å². The molecule has 0 fully saturated rings. The second-order valence-corrected chi connectivity index (χ2v) is 4.00. The van der Waals surface area contributed by atoms with E-state index in [0.29, 0.717) is 23.7 Å². The monoisotopic (exact) mass is 243 g/mol. The molecule has 0 radical (unpaired) electrons. The highest BCUT2D eigenvalue weighted by atomic mass is 35.5. The Labute approximate surface area is 101 Å². The highest BCUT2D eigenvalue weighted by Crippen LogP contribution is 2.17. The normalized spacial score (nSPS) is 10.7. The van der Waals surface area contributed by atoms with Crippen LogP contribution in [0.1, 0.15) is 37.2 Å².